The molecule has 1 aromatic carbocycles. The highest BCUT2D eigenvalue weighted by Crippen LogP contribution is 2.27. The Kier molecular flexibility index (Phi) is 4.45. The summed E-state index contributed by atoms with van der Waals surface area (Å²) in [6.07, 6.45) is 0. The normalized spacial score (nSPS) is 9.81. The zero-order valence-corrected chi connectivity index (χ0v) is 9.77. The lowest BCUT2D eigenvalue weighted by atomic mass is 10.3. The van der Waals surface area contributed by atoms with Gasteiger partial charge in [0.05, 0.1) is 5.75 Å². The zero-order chi connectivity index (χ0) is 12.1. The molecule has 5 N–H and O–H groups in total. The summed E-state index contributed by atoms with van der Waals surface area (Å²) in [6, 6.07) is 4.11. The fraction of sp³-hybridized carbons (Fsp3) is 0.111. The van der Waals surface area contributed by atoms with E-state index < -0.39 is 11.9 Å². The average Bonchev–Trinajstić information content (AvgIpc) is 2.15. The summed E-state index contributed by atoms with van der Waals surface area (Å²) < 4.78 is 0. The summed E-state index contributed by atoms with van der Waals surface area (Å²) in [4.78, 5) is 22.2. The van der Waals surface area contributed by atoms with Crippen molar-refractivity contribution < 1.29 is 9.59 Å². The number of halogens is 1. The van der Waals surface area contributed by atoms with E-state index in [0.717, 1.165) is 4.90 Å². The first kappa shape index (κ1) is 12.7. The average molecular weight is 260 g/mol. The molecule has 5 nitrogen and oxygen atoms in total. The Morgan fingerprint density at radius 3 is 2.69 bits per heavy atom. The van der Waals surface area contributed by atoms with E-state index in [9.17, 15) is 9.59 Å². The fourth-order valence-electron chi connectivity index (χ4n) is 0.968. The molecule has 16 heavy (non-hydrogen) atoms. The number of carbonyl (C=O) groups is 2. The van der Waals surface area contributed by atoms with Gasteiger partial charge in [0, 0.05) is 15.6 Å². The van der Waals surface area contributed by atoms with Gasteiger partial charge in [-0.2, -0.15) is 0 Å². The van der Waals surface area contributed by atoms with Gasteiger partial charge in [0.2, 0.25) is 5.91 Å². The van der Waals surface area contributed by atoms with Gasteiger partial charge in [0.25, 0.3) is 0 Å². The number of imide groups is 1. The van der Waals surface area contributed by atoms with Gasteiger partial charge < -0.3 is 11.5 Å². The molecule has 0 fully saturated rings. The minimum Gasteiger partial charge on any atom is -0.398 e. The van der Waals surface area contributed by atoms with Crippen molar-refractivity contribution in [2.24, 2.45) is 5.73 Å². The van der Waals surface area contributed by atoms with Crippen LogP contribution in [0.3, 0.4) is 0 Å². The number of nitrogen functional groups attached to an aromatic ring is 1. The molecule has 1 rings (SSSR count). The molecule has 0 aliphatic rings. The largest absolute Gasteiger partial charge is 0.398 e. The Hall–Kier alpha value is -1.40. The molecule has 0 saturated heterocycles. The van der Waals surface area contributed by atoms with E-state index in [4.69, 9.17) is 23.1 Å². The van der Waals surface area contributed by atoms with Gasteiger partial charge in [-0.1, -0.05) is 11.6 Å². The summed E-state index contributed by atoms with van der Waals surface area (Å²) in [5.41, 5.74) is 11.0. The van der Waals surface area contributed by atoms with Crippen LogP contribution in [-0.4, -0.2) is 17.7 Å². The van der Waals surface area contributed by atoms with Crippen molar-refractivity contribution in [3.05, 3.63) is 23.2 Å². The van der Waals surface area contributed by atoms with Crippen molar-refractivity contribution >= 4 is 41.0 Å². The number of nitrogens with one attached hydrogen (secondary N) is 1. The molecule has 0 atom stereocenters. The molecule has 1 aromatic rings. The van der Waals surface area contributed by atoms with Gasteiger partial charge >= 0.3 is 6.03 Å². The van der Waals surface area contributed by atoms with E-state index >= 15 is 0 Å². The number of primary amides is 1. The van der Waals surface area contributed by atoms with Crippen molar-refractivity contribution in [1.29, 1.82) is 0 Å². The van der Waals surface area contributed by atoms with Crippen LogP contribution in [-0.2, 0) is 4.79 Å². The third-order valence-electron chi connectivity index (χ3n) is 1.59. The first-order chi connectivity index (χ1) is 7.49. The maximum Gasteiger partial charge on any atom is 0.318 e. The van der Waals surface area contributed by atoms with Crippen LogP contribution in [0.15, 0.2) is 23.1 Å². The van der Waals surface area contributed by atoms with E-state index in [1.165, 1.54) is 11.8 Å². The Labute approximate surface area is 102 Å². The van der Waals surface area contributed by atoms with Crippen molar-refractivity contribution in [2.45, 2.75) is 4.90 Å². The standard InChI is InChI=1S/C9H10ClN3O2S/c10-5-1-2-7(6(11)3-5)16-4-8(14)13-9(12)15/h1-3H,4,11H2,(H3,12,13,14,15). The number of anilines is 1. The smallest absolute Gasteiger partial charge is 0.318 e. The second-order valence-corrected chi connectivity index (χ2v) is 4.34. The van der Waals surface area contributed by atoms with Crippen LogP contribution in [0.25, 0.3) is 0 Å². The number of hydrogen-bond donors (Lipinski definition) is 3. The van der Waals surface area contributed by atoms with Crippen LogP contribution in [0.2, 0.25) is 5.02 Å². The first-order valence-electron chi connectivity index (χ1n) is 4.26. The molecule has 0 aliphatic heterocycles. The van der Waals surface area contributed by atoms with E-state index in [2.05, 4.69) is 0 Å². The highest BCUT2D eigenvalue weighted by Gasteiger charge is 2.07. The van der Waals surface area contributed by atoms with E-state index in [1.807, 2.05) is 5.32 Å². The molecule has 0 bridgehead atoms. The summed E-state index contributed by atoms with van der Waals surface area (Å²) in [5, 5.41) is 2.49. The second-order valence-electron chi connectivity index (χ2n) is 2.88. The molecule has 0 spiro atoms. The Balaban J connectivity index is 2.54. The van der Waals surface area contributed by atoms with E-state index in [1.54, 1.807) is 18.2 Å². The monoisotopic (exact) mass is 259 g/mol. The molecular weight excluding hydrogens is 250 g/mol. The molecule has 0 heterocycles. The van der Waals surface area contributed by atoms with Crippen LogP contribution in [0.5, 0.6) is 0 Å². The highest BCUT2D eigenvalue weighted by atomic mass is 35.5. The molecular formula is C9H10ClN3O2S. The zero-order valence-electron chi connectivity index (χ0n) is 8.20. The molecule has 0 aliphatic carbocycles. The molecule has 0 saturated carbocycles. The van der Waals surface area contributed by atoms with Crippen molar-refractivity contribution in [3.63, 3.8) is 0 Å². The van der Waals surface area contributed by atoms with Gasteiger partial charge in [-0.15, -0.1) is 11.8 Å². The quantitative estimate of drug-likeness (QED) is 0.561. The minimum atomic E-state index is -0.866. The maximum atomic E-state index is 11.1. The number of rotatable bonds is 3. The van der Waals surface area contributed by atoms with Gasteiger partial charge in [-0.25, -0.2) is 4.79 Å². The predicted molar refractivity (Wildman–Crippen MR) is 64.3 cm³/mol. The van der Waals surface area contributed by atoms with Gasteiger partial charge in [0.15, 0.2) is 0 Å². The number of amides is 3. The number of urea groups is 1. The van der Waals surface area contributed by atoms with Crippen LogP contribution in [0.1, 0.15) is 0 Å². The third kappa shape index (κ3) is 4.00. The molecule has 0 aromatic heterocycles. The lowest BCUT2D eigenvalue weighted by molar-refractivity contribution is -0.117. The summed E-state index contributed by atoms with van der Waals surface area (Å²) >= 11 is 6.92. The number of nitrogens with two attached hydrogens (primary N) is 2. The van der Waals surface area contributed by atoms with Crippen molar-refractivity contribution in [1.82, 2.24) is 5.32 Å². The SMILES string of the molecule is NC(=O)NC(=O)CSc1ccc(Cl)cc1N. The van der Waals surface area contributed by atoms with Gasteiger partial charge in [0.1, 0.15) is 0 Å². The highest BCUT2D eigenvalue weighted by molar-refractivity contribution is 8.00. The summed E-state index contributed by atoms with van der Waals surface area (Å²) in [7, 11) is 0. The molecule has 7 heteroatoms. The van der Waals surface area contributed by atoms with Crippen LogP contribution < -0.4 is 16.8 Å². The lowest BCUT2D eigenvalue weighted by Crippen LogP contribution is -2.36. The lowest BCUT2D eigenvalue weighted by Gasteiger charge is -2.05. The second kappa shape index (κ2) is 5.62. The van der Waals surface area contributed by atoms with Crippen LogP contribution in [0.4, 0.5) is 10.5 Å². The topological polar surface area (TPSA) is 98.2 Å². The molecule has 3 amide bonds. The van der Waals surface area contributed by atoms with Crippen molar-refractivity contribution in [3.8, 4) is 0 Å². The number of carbonyl (C=O) groups excluding carboxylic acids is 2. The summed E-state index contributed by atoms with van der Waals surface area (Å²) in [6.45, 7) is 0. The first-order valence-corrected chi connectivity index (χ1v) is 5.62. The van der Waals surface area contributed by atoms with E-state index in [-0.39, 0.29) is 5.75 Å². The van der Waals surface area contributed by atoms with Gasteiger partial charge in [-0.05, 0) is 18.2 Å². The van der Waals surface area contributed by atoms with Crippen LogP contribution >= 0.6 is 23.4 Å². The van der Waals surface area contributed by atoms with Crippen LogP contribution in [0, 0.1) is 0 Å². The van der Waals surface area contributed by atoms with E-state index in [0.29, 0.717) is 10.7 Å². The predicted octanol–water partition coefficient (Wildman–Crippen LogP) is 1.21. The molecule has 0 unspecified atom stereocenters. The number of hydrogen-bond acceptors (Lipinski definition) is 4. The Morgan fingerprint density at radius 2 is 2.12 bits per heavy atom. The fourth-order valence-corrected chi connectivity index (χ4v) is 1.90. The Bertz CT molecular complexity index is 425. The number of benzene rings is 1. The molecule has 0 radical (unpaired) electrons. The summed E-state index contributed by atoms with van der Waals surface area (Å²) in [5.74, 6) is -0.402. The minimum absolute atomic E-state index is 0.0643. The molecule has 86 valence electrons. The Morgan fingerprint density at radius 1 is 1.44 bits per heavy atom. The number of thioether (sulfide) groups is 1. The maximum absolute atomic E-state index is 11.1. The van der Waals surface area contributed by atoms with Gasteiger partial charge in [-0.3, -0.25) is 10.1 Å². The third-order valence-corrected chi connectivity index (χ3v) is 2.92. The van der Waals surface area contributed by atoms with Crippen molar-refractivity contribution in [2.75, 3.05) is 11.5 Å².